The van der Waals surface area contributed by atoms with Gasteiger partial charge in [-0.2, -0.15) is 0 Å². The Bertz CT molecular complexity index is 411. The third-order valence-corrected chi connectivity index (χ3v) is 4.00. The number of carbonyl (C=O) groups is 1. The van der Waals surface area contributed by atoms with E-state index in [2.05, 4.69) is 21.2 Å². The number of phenols is 1. The first-order chi connectivity index (χ1) is 7.95. The second-order valence-electron chi connectivity index (χ2n) is 4.06. The van der Waals surface area contributed by atoms with E-state index in [1.807, 2.05) is 13.8 Å². The van der Waals surface area contributed by atoms with Crippen molar-refractivity contribution in [2.45, 2.75) is 19.9 Å². The van der Waals surface area contributed by atoms with Crippen molar-refractivity contribution in [2.75, 3.05) is 5.33 Å². The Labute approximate surface area is 114 Å². The van der Waals surface area contributed by atoms with Gasteiger partial charge in [-0.15, -0.1) is 0 Å². The van der Waals surface area contributed by atoms with Gasteiger partial charge in [-0.3, -0.25) is 4.79 Å². The number of amides is 1. The number of phenolic OH excluding ortho intramolecular Hbond substituents is 1. The zero-order valence-electron chi connectivity index (χ0n) is 9.71. The van der Waals surface area contributed by atoms with Gasteiger partial charge in [0, 0.05) is 11.4 Å². The van der Waals surface area contributed by atoms with Crippen molar-refractivity contribution in [3.05, 3.63) is 28.8 Å². The van der Waals surface area contributed by atoms with Crippen LogP contribution in [0.4, 0.5) is 0 Å². The molecule has 0 fully saturated rings. The fraction of sp³-hybridized carbons (Fsp3) is 0.417. The SMILES string of the molecule is CC(CBr)C(C)NC(=O)c1cc(O)ccc1Cl. The lowest BCUT2D eigenvalue weighted by atomic mass is 10.1. The van der Waals surface area contributed by atoms with E-state index in [1.165, 1.54) is 18.2 Å². The highest BCUT2D eigenvalue weighted by Crippen LogP contribution is 2.21. The Balaban J connectivity index is 2.79. The van der Waals surface area contributed by atoms with E-state index in [4.69, 9.17) is 11.6 Å². The highest BCUT2D eigenvalue weighted by Gasteiger charge is 2.17. The lowest BCUT2D eigenvalue weighted by Crippen LogP contribution is -2.37. The molecule has 0 heterocycles. The summed E-state index contributed by atoms with van der Waals surface area (Å²) in [5.74, 6) is 0.0713. The molecule has 0 spiro atoms. The van der Waals surface area contributed by atoms with Crippen LogP contribution in [0.2, 0.25) is 5.02 Å². The van der Waals surface area contributed by atoms with Crippen molar-refractivity contribution >= 4 is 33.4 Å². The number of nitrogens with one attached hydrogen (secondary N) is 1. The van der Waals surface area contributed by atoms with Crippen LogP contribution in [0.15, 0.2) is 18.2 Å². The molecule has 0 radical (unpaired) electrons. The Kier molecular flexibility index (Phi) is 5.28. The number of alkyl halides is 1. The summed E-state index contributed by atoms with van der Waals surface area (Å²) >= 11 is 9.28. The van der Waals surface area contributed by atoms with Crippen LogP contribution >= 0.6 is 27.5 Å². The number of benzene rings is 1. The maximum Gasteiger partial charge on any atom is 0.253 e. The molecule has 17 heavy (non-hydrogen) atoms. The lowest BCUT2D eigenvalue weighted by molar-refractivity contribution is 0.0931. The molecule has 0 aliphatic heterocycles. The molecule has 0 aliphatic rings. The molecule has 2 atom stereocenters. The first-order valence-electron chi connectivity index (χ1n) is 5.31. The van der Waals surface area contributed by atoms with Gasteiger partial charge in [0.15, 0.2) is 0 Å². The minimum absolute atomic E-state index is 0.0280. The third kappa shape index (κ3) is 3.89. The second kappa shape index (κ2) is 6.26. The van der Waals surface area contributed by atoms with Crippen molar-refractivity contribution in [1.29, 1.82) is 0 Å². The second-order valence-corrected chi connectivity index (χ2v) is 5.11. The van der Waals surface area contributed by atoms with Gasteiger partial charge in [-0.05, 0) is 31.0 Å². The number of halogens is 2. The highest BCUT2D eigenvalue weighted by molar-refractivity contribution is 9.09. The molecule has 0 aromatic heterocycles. The first kappa shape index (κ1) is 14.3. The van der Waals surface area contributed by atoms with Gasteiger partial charge >= 0.3 is 0 Å². The van der Waals surface area contributed by atoms with Crippen molar-refractivity contribution in [2.24, 2.45) is 5.92 Å². The summed E-state index contributed by atoms with van der Waals surface area (Å²) in [6, 6.07) is 4.34. The van der Waals surface area contributed by atoms with Crippen LogP contribution in [0.3, 0.4) is 0 Å². The molecule has 1 aromatic rings. The van der Waals surface area contributed by atoms with Gasteiger partial charge in [0.2, 0.25) is 0 Å². The zero-order chi connectivity index (χ0) is 13.0. The van der Waals surface area contributed by atoms with Crippen molar-refractivity contribution in [3.8, 4) is 5.75 Å². The zero-order valence-corrected chi connectivity index (χ0v) is 12.0. The van der Waals surface area contributed by atoms with E-state index >= 15 is 0 Å². The maximum atomic E-state index is 11.9. The fourth-order valence-electron chi connectivity index (χ4n) is 1.25. The molecule has 0 bridgehead atoms. The van der Waals surface area contributed by atoms with E-state index in [0.29, 0.717) is 16.5 Å². The number of hydrogen-bond acceptors (Lipinski definition) is 2. The summed E-state index contributed by atoms with van der Waals surface area (Å²) in [5, 5.41) is 13.3. The average molecular weight is 321 g/mol. The monoisotopic (exact) mass is 319 g/mol. The van der Waals surface area contributed by atoms with E-state index in [9.17, 15) is 9.90 Å². The minimum atomic E-state index is -0.272. The van der Waals surface area contributed by atoms with Gasteiger partial charge in [0.05, 0.1) is 10.6 Å². The van der Waals surface area contributed by atoms with Gasteiger partial charge in [0.25, 0.3) is 5.91 Å². The standard InChI is InChI=1S/C12H15BrClNO2/c1-7(6-13)8(2)15-12(17)10-5-9(16)3-4-11(10)14/h3-5,7-8,16H,6H2,1-2H3,(H,15,17). The summed E-state index contributed by atoms with van der Waals surface area (Å²) in [4.78, 5) is 11.9. The number of aromatic hydroxyl groups is 1. The summed E-state index contributed by atoms with van der Waals surface area (Å²) in [6.07, 6.45) is 0. The summed E-state index contributed by atoms with van der Waals surface area (Å²) in [7, 11) is 0. The largest absolute Gasteiger partial charge is 0.508 e. The van der Waals surface area contributed by atoms with Gasteiger partial charge in [0.1, 0.15) is 5.75 Å². The molecule has 1 amide bonds. The molecule has 3 nitrogen and oxygen atoms in total. The van der Waals surface area contributed by atoms with Crippen molar-refractivity contribution in [3.63, 3.8) is 0 Å². The predicted molar refractivity (Wildman–Crippen MR) is 73.0 cm³/mol. The molecule has 5 heteroatoms. The normalized spacial score (nSPS) is 14.1. The van der Waals surface area contributed by atoms with Gasteiger partial charge < -0.3 is 10.4 Å². The molecule has 0 saturated carbocycles. The van der Waals surface area contributed by atoms with Crippen LogP contribution in [-0.4, -0.2) is 22.4 Å². The molecule has 2 N–H and O–H groups in total. The van der Waals surface area contributed by atoms with Crippen molar-refractivity contribution < 1.29 is 9.90 Å². The number of carbonyl (C=O) groups excluding carboxylic acids is 1. The van der Waals surface area contributed by atoms with E-state index < -0.39 is 0 Å². The quantitative estimate of drug-likeness (QED) is 0.837. The Morgan fingerprint density at radius 1 is 1.53 bits per heavy atom. The molecule has 94 valence electrons. The third-order valence-electron chi connectivity index (χ3n) is 2.65. The topological polar surface area (TPSA) is 49.3 Å². The van der Waals surface area contributed by atoms with Crippen molar-refractivity contribution in [1.82, 2.24) is 5.32 Å². The van der Waals surface area contributed by atoms with E-state index in [0.717, 1.165) is 5.33 Å². The highest BCUT2D eigenvalue weighted by atomic mass is 79.9. The average Bonchev–Trinajstić information content (AvgIpc) is 2.30. The molecule has 0 aliphatic carbocycles. The number of rotatable bonds is 4. The van der Waals surface area contributed by atoms with Crippen LogP contribution in [0, 0.1) is 5.92 Å². The summed E-state index contributed by atoms with van der Waals surface area (Å²) in [5.41, 5.74) is 0.292. The fourth-order valence-corrected chi connectivity index (χ4v) is 2.01. The van der Waals surface area contributed by atoms with Crippen LogP contribution < -0.4 is 5.32 Å². The Morgan fingerprint density at radius 3 is 2.76 bits per heavy atom. The Morgan fingerprint density at radius 2 is 2.18 bits per heavy atom. The molecule has 1 rings (SSSR count). The van der Waals surface area contributed by atoms with Crippen LogP contribution in [0.1, 0.15) is 24.2 Å². The molecule has 0 saturated heterocycles. The molecular weight excluding hydrogens is 305 g/mol. The van der Waals surface area contributed by atoms with Crippen LogP contribution in [0.5, 0.6) is 5.75 Å². The first-order valence-corrected chi connectivity index (χ1v) is 6.81. The van der Waals surface area contributed by atoms with Crippen LogP contribution in [0.25, 0.3) is 0 Å². The van der Waals surface area contributed by atoms with Crippen LogP contribution in [-0.2, 0) is 0 Å². The van der Waals surface area contributed by atoms with Gasteiger partial charge in [-0.1, -0.05) is 34.5 Å². The summed E-state index contributed by atoms with van der Waals surface area (Å²) < 4.78 is 0. The van der Waals surface area contributed by atoms with E-state index in [-0.39, 0.29) is 17.7 Å². The maximum absolute atomic E-state index is 11.9. The number of hydrogen-bond donors (Lipinski definition) is 2. The summed E-state index contributed by atoms with van der Waals surface area (Å²) in [6.45, 7) is 3.96. The van der Waals surface area contributed by atoms with Gasteiger partial charge in [-0.25, -0.2) is 0 Å². The predicted octanol–water partition coefficient (Wildman–Crippen LogP) is 3.19. The molecular formula is C12H15BrClNO2. The minimum Gasteiger partial charge on any atom is -0.508 e. The molecule has 2 unspecified atom stereocenters. The Hall–Kier alpha value is -0.740. The smallest absolute Gasteiger partial charge is 0.253 e. The molecule has 1 aromatic carbocycles. The van der Waals surface area contributed by atoms with E-state index in [1.54, 1.807) is 0 Å². The lowest BCUT2D eigenvalue weighted by Gasteiger charge is -2.19.